The molecular formula is C21H31ClFNO2. The van der Waals surface area contributed by atoms with Gasteiger partial charge in [-0.25, -0.2) is 4.39 Å². The van der Waals surface area contributed by atoms with Gasteiger partial charge in [0.2, 0.25) is 0 Å². The fourth-order valence-electron chi connectivity index (χ4n) is 4.55. The fraction of sp³-hybridized carbons (Fsp3) is 0.714. The highest BCUT2D eigenvalue weighted by Crippen LogP contribution is 2.39. The molecule has 3 rings (SSSR count). The van der Waals surface area contributed by atoms with Crippen LogP contribution in [-0.4, -0.2) is 39.0 Å². The maximum atomic E-state index is 13.2. The van der Waals surface area contributed by atoms with Crippen molar-refractivity contribution >= 4 is 11.6 Å². The van der Waals surface area contributed by atoms with Crippen molar-refractivity contribution in [1.82, 2.24) is 5.32 Å². The monoisotopic (exact) mass is 383 g/mol. The van der Waals surface area contributed by atoms with Gasteiger partial charge in [-0.2, -0.15) is 0 Å². The zero-order valence-corrected chi connectivity index (χ0v) is 16.5. The van der Waals surface area contributed by atoms with Crippen LogP contribution in [0.4, 0.5) is 4.39 Å². The van der Waals surface area contributed by atoms with Gasteiger partial charge in [0.15, 0.2) is 0 Å². The number of halogens is 2. The molecule has 1 aliphatic heterocycles. The van der Waals surface area contributed by atoms with Gasteiger partial charge >= 0.3 is 0 Å². The van der Waals surface area contributed by atoms with Crippen LogP contribution in [0.15, 0.2) is 18.2 Å². The van der Waals surface area contributed by atoms with Crippen molar-refractivity contribution in [2.24, 2.45) is 5.92 Å². The Bertz CT molecular complexity index is 564. The molecule has 1 aromatic carbocycles. The molecule has 1 aliphatic carbocycles. The molecule has 1 N–H and O–H groups in total. The third kappa shape index (κ3) is 5.19. The van der Waals surface area contributed by atoms with Gasteiger partial charge in [0.1, 0.15) is 5.82 Å². The van der Waals surface area contributed by atoms with E-state index < -0.39 is 0 Å². The van der Waals surface area contributed by atoms with E-state index in [1.54, 1.807) is 7.11 Å². The Kier molecular flexibility index (Phi) is 7.33. The Labute approximate surface area is 161 Å². The quantitative estimate of drug-likeness (QED) is 0.724. The molecule has 146 valence electrons. The molecule has 0 spiro atoms. The Morgan fingerprint density at radius 1 is 1.23 bits per heavy atom. The number of benzene rings is 1. The number of ether oxygens (including phenoxy) is 2. The van der Waals surface area contributed by atoms with Gasteiger partial charge in [-0.15, -0.1) is 0 Å². The van der Waals surface area contributed by atoms with E-state index in [0.717, 1.165) is 63.5 Å². The minimum absolute atomic E-state index is 0.0891. The summed E-state index contributed by atoms with van der Waals surface area (Å²) >= 11 is 6.24. The SMILES string of the molecule is COCC1(NCC[C@H]2CC[C@@H](c3ccc(F)cc3Cl)CC2)CCOCC1. The lowest BCUT2D eigenvalue weighted by atomic mass is 9.77. The first-order valence-corrected chi connectivity index (χ1v) is 10.3. The third-order valence-electron chi connectivity index (χ3n) is 6.17. The summed E-state index contributed by atoms with van der Waals surface area (Å²) in [5.41, 5.74) is 1.21. The average molecular weight is 384 g/mol. The summed E-state index contributed by atoms with van der Waals surface area (Å²) in [7, 11) is 1.78. The molecule has 0 atom stereocenters. The minimum Gasteiger partial charge on any atom is -0.383 e. The largest absolute Gasteiger partial charge is 0.383 e. The molecule has 2 aliphatic rings. The normalized spacial score (nSPS) is 26.0. The second kappa shape index (κ2) is 9.50. The van der Waals surface area contributed by atoms with E-state index in [9.17, 15) is 4.39 Å². The van der Waals surface area contributed by atoms with Gasteiger partial charge in [-0.3, -0.25) is 0 Å². The summed E-state index contributed by atoms with van der Waals surface area (Å²) in [5.74, 6) is 0.983. The van der Waals surface area contributed by atoms with Crippen LogP contribution in [0.2, 0.25) is 5.02 Å². The zero-order chi connectivity index (χ0) is 18.4. The number of methoxy groups -OCH3 is 1. The van der Waals surface area contributed by atoms with E-state index in [4.69, 9.17) is 21.1 Å². The average Bonchev–Trinajstić information content (AvgIpc) is 2.64. The Morgan fingerprint density at radius 3 is 2.62 bits per heavy atom. The van der Waals surface area contributed by atoms with Gasteiger partial charge < -0.3 is 14.8 Å². The van der Waals surface area contributed by atoms with Gasteiger partial charge in [-0.1, -0.05) is 17.7 Å². The standard InChI is InChI=1S/C21H31ClFNO2/c1-25-15-21(9-12-26-13-10-21)24-11-8-16-2-4-17(5-3-16)19-7-6-18(23)14-20(19)22/h6-7,14,16-17,24H,2-5,8-13,15H2,1H3/t16-,17+. The van der Waals surface area contributed by atoms with E-state index in [1.165, 1.54) is 31.4 Å². The van der Waals surface area contributed by atoms with Crippen LogP contribution in [0.3, 0.4) is 0 Å². The van der Waals surface area contributed by atoms with Crippen molar-refractivity contribution in [2.75, 3.05) is 33.5 Å². The topological polar surface area (TPSA) is 30.5 Å². The summed E-state index contributed by atoms with van der Waals surface area (Å²) in [6.07, 6.45) is 7.99. The van der Waals surface area contributed by atoms with Crippen LogP contribution in [-0.2, 0) is 9.47 Å². The van der Waals surface area contributed by atoms with Gasteiger partial charge in [0.25, 0.3) is 0 Å². The summed E-state index contributed by atoms with van der Waals surface area (Å²) in [5, 5.41) is 4.35. The lowest BCUT2D eigenvalue weighted by Gasteiger charge is -2.38. The summed E-state index contributed by atoms with van der Waals surface area (Å²) in [4.78, 5) is 0. The molecule has 0 amide bonds. The van der Waals surface area contributed by atoms with Gasteiger partial charge in [0, 0.05) is 30.9 Å². The van der Waals surface area contributed by atoms with Crippen molar-refractivity contribution in [1.29, 1.82) is 0 Å². The molecule has 1 saturated heterocycles. The lowest BCUT2D eigenvalue weighted by Crippen LogP contribution is -2.53. The van der Waals surface area contributed by atoms with E-state index >= 15 is 0 Å². The second-order valence-corrected chi connectivity index (χ2v) is 8.33. The molecule has 1 aromatic rings. The highest BCUT2D eigenvalue weighted by atomic mass is 35.5. The van der Waals surface area contributed by atoms with Crippen LogP contribution < -0.4 is 5.32 Å². The van der Waals surface area contributed by atoms with E-state index in [1.807, 2.05) is 6.07 Å². The van der Waals surface area contributed by atoms with Crippen molar-refractivity contribution < 1.29 is 13.9 Å². The first kappa shape index (κ1) is 20.1. The molecular weight excluding hydrogens is 353 g/mol. The maximum absolute atomic E-state index is 13.2. The summed E-state index contributed by atoms with van der Waals surface area (Å²) in [6.45, 7) is 3.43. The Balaban J connectivity index is 1.44. The molecule has 0 radical (unpaired) electrons. The van der Waals surface area contributed by atoms with E-state index in [2.05, 4.69) is 5.32 Å². The first-order chi connectivity index (χ1) is 12.6. The van der Waals surface area contributed by atoms with Crippen molar-refractivity contribution in [3.05, 3.63) is 34.6 Å². The Morgan fingerprint density at radius 2 is 1.96 bits per heavy atom. The van der Waals surface area contributed by atoms with Crippen molar-refractivity contribution in [2.45, 2.75) is 56.4 Å². The van der Waals surface area contributed by atoms with Crippen LogP contribution in [0.1, 0.15) is 56.4 Å². The first-order valence-electron chi connectivity index (χ1n) is 9.88. The predicted octanol–water partition coefficient (Wildman–Crippen LogP) is 4.93. The number of nitrogens with one attached hydrogen (secondary N) is 1. The molecule has 0 bridgehead atoms. The highest BCUT2D eigenvalue weighted by Gasteiger charge is 2.32. The van der Waals surface area contributed by atoms with E-state index in [0.29, 0.717) is 10.9 Å². The molecule has 2 fully saturated rings. The molecule has 0 unspecified atom stereocenters. The number of hydrogen-bond donors (Lipinski definition) is 1. The summed E-state index contributed by atoms with van der Waals surface area (Å²) < 4.78 is 24.2. The molecule has 1 saturated carbocycles. The maximum Gasteiger partial charge on any atom is 0.124 e. The molecule has 26 heavy (non-hydrogen) atoms. The molecule has 0 aromatic heterocycles. The van der Waals surface area contributed by atoms with Crippen molar-refractivity contribution in [3.63, 3.8) is 0 Å². The second-order valence-electron chi connectivity index (χ2n) is 7.92. The van der Waals surface area contributed by atoms with Crippen LogP contribution in [0, 0.1) is 11.7 Å². The zero-order valence-electron chi connectivity index (χ0n) is 15.7. The molecule has 1 heterocycles. The highest BCUT2D eigenvalue weighted by molar-refractivity contribution is 6.31. The third-order valence-corrected chi connectivity index (χ3v) is 6.50. The molecule has 5 heteroatoms. The summed E-state index contributed by atoms with van der Waals surface area (Å²) in [6, 6.07) is 4.83. The number of hydrogen-bond acceptors (Lipinski definition) is 3. The van der Waals surface area contributed by atoms with Gasteiger partial charge in [-0.05, 0) is 81.0 Å². The Hall–Kier alpha value is -0.680. The lowest BCUT2D eigenvalue weighted by molar-refractivity contribution is 0.0000475. The number of rotatable bonds is 7. The van der Waals surface area contributed by atoms with Crippen LogP contribution in [0.5, 0.6) is 0 Å². The smallest absolute Gasteiger partial charge is 0.124 e. The van der Waals surface area contributed by atoms with Crippen LogP contribution >= 0.6 is 11.6 Å². The van der Waals surface area contributed by atoms with Crippen molar-refractivity contribution in [3.8, 4) is 0 Å². The van der Waals surface area contributed by atoms with Gasteiger partial charge in [0.05, 0.1) is 6.61 Å². The predicted molar refractivity (Wildman–Crippen MR) is 103 cm³/mol. The van der Waals surface area contributed by atoms with Crippen LogP contribution in [0.25, 0.3) is 0 Å². The minimum atomic E-state index is -0.253. The van der Waals surface area contributed by atoms with E-state index in [-0.39, 0.29) is 11.4 Å². The molecule has 3 nitrogen and oxygen atoms in total. The fourth-order valence-corrected chi connectivity index (χ4v) is 4.87.